The molecule has 0 aromatic heterocycles. The van der Waals surface area contributed by atoms with E-state index in [1.165, 1.54) is 7.11 Å². The third-order valence-corrected chi connectivity index (χ3v) is 8.24. The highest BCUT2D eigenvalue weighted by molar-refractivity contribution is 14.1. The first-order valence-corrected chi connectivity index (χ1v) is 14.6. The SMILES string of the molecule is COc1cc(C=O)cc(I)c1O[C@H]1C=C(C(=O)NCCO)C[C@@H](N(Cc2ccccc2)C(=O)C2CCCC2)[C@@H]1O. The fraction of sp³-hybridized carbons (Fsp3) is 0.433. The predicted octanol–water partition coefficient (Wildman–Crippen LogP) is 3.25. The molecule has 0 aliphatic heterocycles. The van der Waals surface area contributed by atoms with Crippen molar-refractivity contribution in [1.82, 2.24) is 10.2 Å². The summed E-state index contributed by atoms with van der Waals surface area (Å²) in [5, 5.41) is 23.6. The van der Waals surface area contributed by atoms with Crippen molar-refractivity contribution in [3.05, 3.63) is 68.8 Å². The molecule has 0 bridgehead atoms. The molecule has 2 aromatic carbocycles. The van der Waals surface area contributed by atoms with Gasteiger partial charge in [0.05, 0.1) is 23.3 Å². The van der Waals surface area contributed by atoms with Gasteiger partial charge in [-0.2, -0.15) is 0 Å². The summed E-state index contributed by atoms with van der Waals surface area (Å²) in [6.07, 6.45) is 3.81. The normalized spacial score (nSPS) is 20.9. The first-order valence-electron chi connectivity index (χ1n) is 13.5. The highest BCUT2D eigenvalue weighted by Gasteiger charge is 2.42. The number of carbonyl (C=O) groups excluding carboxylic acids is 3. The lowest BCUT2D eigenvalue weighted by atomic mass is 9.87. The molecule has 2 aliphatic rings. The number of rotatable bonds is 11. The number of nitrogens with one attached hydrogen (secondary N) is 1. The molecule has 2 aliphatic carbocycles. The minimum atomic E-state index is -1.16. The van der Waals surface area contributed by atoms with Gasteiger partial charge in [-0.25, -0.2) is 0 Å². The number of halogens is 1. The van der Waals surface area contributed by atoms with Crippen LogP contribution in [-0.4, -0.2) is 71.7 Å². The highest BCUT2D eigenvalue weighted by Crippen LogP contribution is 2.38. The van der Waals surface area contributed by atoms with Gasteiger partial charge in [-0.15, -0.1) is 0 Å². The summed E-state index contributed by atoms with van der Waals surface area (Å²) < 4.78 is 12.4. The first-order chi connectivity index (χ1) is 19.4. The van der Waals surface area contributed by atoms with Crippen LogP contribution in [0.4, 0.5) is 0 Å². The van der Waals surface area contributed by atoms with Crippen molar-refractivity contribution in [2.24, 2.45) is 5.92 Å². The number of carbonyl (C=O) groups is 3. The smallest absolute Gasteiger partial charge is 0.247 e. The molecule has 3 N–H and O–H groups in total. The standard InChI is InChI=1S/C30H35IN2O7/c1-39-26-14-20(18-35)13-23(31)28(26)40-25-16-22(29(37)32-11-12-34)15-24(27(25)36)33(17-19-7-3-2-4-8-19)30(38)21-9-5-6-10-21/h2-4,7-8,13-14,16,18,21,24-25,27,34,36H,5-6,9-12,15,17H2,1H3,(H,32,37)/t24-,25+,27+/m1/s1. The van der Waals surface area contributed by atoms with Crippen LogP contribution < -0.4 is 14.8 Å². The summed E-state index contributed by atoms with van der Waals surface area (Å²) in [5.74, 6) is 0.0617. The van der Waals surface area contributed by atoms with Crippen molar-refractivity contribution in [2.75, 3.05) is 20.3 Å². The average Bonchev–Trinajstić information content (AvgIpc) is 3.52. The Morgan fingerprint density at radius 1 is 1.18 bits per heavy atom. The van der Waals surface area contributed by atoms with Crippen molar-refractivity contribution >= 4 is 40.7 Å². The molecule has 0 radical (unpaired) electrons. The van der Waals surface area contributed by atoms with E-state index < -0.39 is 24.2 Å². The van der Waals surface area contributed by atoms with Crippen molar-refractivity contribution in [3.63, 3.8) is 0 Å². The molecule has 0 saturated heterocycles. The predicted molar refractivity (Wildman–Crippen MR) is 157 cm³/mol. The van der Waals surface area contributed by atoms with Crippen LogP contribution in [0.1, 0.15) is 48.0 Å². The summed E-state index contributed by atoms with van der Waals surface area (Å²) in [5.41, 5.74) is 1.68. The molecule has 2 amide bonds. The lowest BCUT2D eigenvalue weighted by molar-refractivity contribution is -0.143. The van der Waals surface area contributed by atoms with Gasteiger partial charge >= 0.3 is 0 Å². The lowest BCUT2D eigenvalue weighted by Gasteiger charge is -2.41. The van der Waals surface area contributed by atoms with Gasteiger partial charge in [0.2, 0.25) is 11.8 Å². The molecule has 0 unspecified atom stereocenters. The van der Waals surface area contributed by atoms with Crippen LogP contribution in [0.5, 0.6) is 11.5 Å². The second-order valence-electron chi connectivity index (χ2n) is 10.1. The number of aliphatic hydroxyl groups is 2. The van der Waals surface area contributed by atoms with Gasteiger partial charge < -0.3 is 29.9 Å². The van der Waals surface area contributed by atoms with Crippen LogP contribution in [0.15, 0.2) is 54.1 Å². The Balaban J connectivity index is 1.72. The van der Waals surface area contributed by atoms with Gasteiger partial charge in [0.1, 0.15) is 18.5 Å². The Morgan fingerprint density at radius 2 is 1.90 bits per heavy atom. The summed E-state index contributed by atoms with van der Waals surface area (Å²) in [4.78, 5) is 40.1. The maximum absolute atomic E-state index is 13.9. The molecule has 3 atom stereocenters. The third-order valence-electron chi connectivity index (χ3n) is 7.44. The maximum atomic E-state index is 13.9. The van der Waals surface area contributed by atoms with E-state index in [2.05, 4.69) is 5.32 Å². The van der Waals surface area contributed by atoms with Crippen molar-refractivity contribution in [2.45, 2.75) is 56.9 Å². The Bertz CT molecular complexity index is 1230. The van der Waals surface area contributed by atoms with Crippen LogP contribution in [0.25, 0.3) is 0 Å². The molecule has 1 saturated carbocycles. The number of aldehydes is 1. The molecule has 214 valence electrons. The molecule has 4 rings (SSSR count). The second kappa shape index (κ2) is 14.1. The molecule has 0 spiro atoms. The van der Waals surface area contributed by atoms with E-state index in [-0.39, 0.29) is 37.9 Å². The Labute approximate surface area is 247 Å². The number of hydrogen-bond donors (Lipinski definition) is 3. The molecule has 1 fully saturated rings. The van der Waals surface area contributed by atoms with Crippen molar-refractivity contribution in [1.29, 1.82) is 0 Å². The van der Waals surface area contributed by atoms with E-state index in [1.54, 1.807) is 23.1 Å². The minimum absolute atomic E-state index is 0.0383. The summed E-state index contributed by atoms with van der Waals surface area (Å²) in [7, 11) is 1.46. The molecule has 2 aromatic rings. The van der Waals surface area contributed by atoms with Gasteiger partial charge in [-0.05, 0) is 59.2 Å². The minimum Gasteiger partial charge on any atom is -0.493 e. The second-order valence-corrected chi connectivity index (χ2v) is 11.3. The number of methoxy groups -OCH3 is 1. The molecular weight excluding hydrogens is 627 g/mol. The van der Waals surface area contributed by atoms with E-state index in [1.807, 2.05) is 52.9 Å². The summed E-state index contributed by atoms with van der Waals surface area (Å²) in [6, 6.07) is 12.0. The van der Waals surface area contributed by atoms with E-state index in [0.717, 1.165) is 31.2 Å². The molecule has 0 heterocycles. The Morgan fingerprint density at radius 3 is 2.55 bits per heavy atom. The Kier molecular flexibility index (Phi) is 10.6. The van der Waals surface area contributed by atoms with Crippen LogP contribution in [0.2, 0.25) is 0 Å². The van der Waals surface area contributed by atoms with E-state index >= 15 is 0 Å². The van der Waals surface area contributed by atoms with Gasteiger partial charge in [0.15, 0.2) is 11.5 Å². The zero-order valence-corrected chi connectivity index (χ0v) is 24.6. The fourth-order valence-electron chi connectivity index (χ4n) is 5.38. The molecular formula is C30H35IN2O7. The van der Waals surface area contributed by atoms with Crippen LogP contribution in [0, 0.1) is 9.49 Å². The first kappa shape index (κ1) is 30.0. The number of hydrogen-bond acceptors (Lipinski definition) is 7. The third kappa shape index (κ3) is 7.02. The van der Waals surface area contributed by atoms with E-state index in [4.69, 9.17) is 9.47 Å². The quantitative estimate of drug-likeness (QED) is 0.249. The largest absolute Gasteiger partial charge is 0.493 e. The van der Waals surface area contributed by atoms with Crippen molar-refractivity contribution < 1.29 is 34.1 Å². The summed E-state index contributed by atoms with van der Waals surface area (Å²) in [6.45, 7) is 0.136. The topological polar surface area (TPSA) is 125 Å². The number of ether oxygens (including phenoxy) is 2. The van der Waals surface area contributed by atoms with E-state index in [0.29, 0.717) is 32.5 Å². The zero-order valence-electron chi connectivity index (χ0n) is 22.4. The molecule has 40 heavy (non-hydrogen) atoms. The monoisotopic (exact) mass is 662 g/mol. The fourth-order valence-corrected chi connectivity index (χ4v) is 6.14. The van der Waals surface area contributed by atoms with Gasteiger partial charge in [-0.3, -0.25) is 14.4 Å². The molecule has 9 nitrogen and oxygen atoms in total. The number of amides is 2. The number of nitrogens with zero attached hydrogens (tertiary/aromatic N) is 1. The number of aliphatic hydroxyl groups excluding tert-OH is 2. The molecule has 10 heteroatoms. The Hall–Kier alpha value is -2.96. The van der Waals surface area contributed by atoms with Crippen molar-refractivity contribution in [3.8, 4) is 11.5 Å². The van der Waals surface area contributed by atoms with Crippen LogP contribution in [-0.2, 0) is 16.1 Å². The van der Waals surface area contributed by atoms with Crippen LogP contribution in [0.3, 0.4) is 0 Å². The van der Waals surface area contributed by atoms with E-state index in [9.17, 15) is 24.6 Å². The average molecular weight is 663 g/mol. The van der Waals surface area contributed by atoms with Gasteiger partial charge in [0, 0.05) is 36.6 Å². The van der Waals surface area contributed by atoms with Crippen LogP contribution >= 0.6 is 22.6 Å². The highest BCUT2D eigenvalue weighted by atomic mass is 127. The maximum Gasteiger partial charge on any atom is 0.247 e. The lowest BCUT2D eigenvalue weighted by Crippen LogP contribution is -2.55. The zero-order chi connectivity index (χ0) is 28.6. The summed E-state index contributed by atoms with van der Waals surface area (Å²) >= 11 is 2.03. The van der Waals surface area contributed by atoms with Gasteiger partial charge in [0.25, 0.3) is 0 Å². The number of benzene rings is 2. The van der Waals surface area contributed by atoms with Gasteiger partial charge in [-0.1, -0.05) is 43.2 Å².